The minimum atomic E-state index is 0. The van der Waals surface area contributed by atoms with Gasteiger partial charge in [0.25, 0.3) is 0 Å². The molecule has 2 aliphatic carbocycles. The molecule has 0 heterocycles. The second kappa shape index (κ2) is 17.3. The minimum Gasteiger partial charge on any atom is -0.0882 e. The van der Waals surface area contributed by atoms with Crippen molar-refractivity contribution in [3.05, 3.63) is 48.6 Å². The van der Waals surface area contributed by atoms with Crippen LogP contribution in [0.2, 0.25) is 0 Å². The third kappa shape index (κ3) is 14.3. The molecule has 2 radical (unpaired) electrons. The zero-order chi connectivity index (χ0) is 11.3. The van der Waals surface area contributed by atoms with Gasteiger partial charge in [0.1, 0.15) is 0 Å². The topological polar surface area (TPSA) is 0 Å². The predicted octanol–water partition coefficient (Wildman–Crippen LogP) is 5.34. The van der Waals surface area contributed by atoms with Crippen molar-refractivity contribution in [3.63, 3.8) is 0 Å². The molecule has 0 N–H and O–H groups in total. The molecule has 18 heavy (non-hydrogen) atoms. The van der Waals surface area contributed by atoms with Crippen LogP contribution in [0.15, 0.2) is 48.6 Å². The van der Waals surface area contributed by atoms with Crippen LogP contribution in [0.1, 0.15) is 51.4 Å². The maximum atomic E-state index is 2.27. The largest absolute Gasteiger partial charge is 0.0882 e. The summed E-state index contributed by atoms with van der Waals surface area (Å²) in [7, 11) is 0. The predicted molar refractivity (Wildman–Crippen MR) is 73.5 cm³/mol. The molecule has 0 aliphatic heterocycles. The molecule has 2 heteroatoms. The smallest absolute Gasteiger partial charge is 0 e. The Balaban J connectivity index is 0. The maximum absolute atomic E-state index is 2.27. The van der Waals surface area contributed by atoms with Crippen molar-refractivity contribution in [1.29, 1.82) is 0 Å². The molecule has 2 aliphatic rings. The van der Waals surface area contributed by atoms with Gasteiger partial charge in [0.05, 0.1) is 0 Å². The number of allylic oxidation sites excluding steroid dienone is 8. The number of rotatable bonds is 0. The molecule has 0 bridgehead atoms. The molecule has 0 aromatic carbocycles. The molecule has 2 rings (SSSR count). The van der Waals surface area contributed by atoms with Crippen molar-refractivity contribution >= 4 is 0 Å². The Morgan fingerprint density at radius 3 is 0.500 bits per heavy atom. The van der Waals surface area contributed by atoms with E-state index < -0.39 is 0 Å². The average Bonchev–Trinajstić information content (AvgIpc) is 2.15. The Morgan fingerprint density at radius 2 is 0.389 bits per heavy atom. The van der Waals surface area contributed by atoms with Crippen LogP contribution >= 0.6 is 0 Å². The zero-order valence-corrected chi connectivity index (χ0v) is 15.7. The first kappa shape index (κ1) is 20.6. The molecule has 0 fully saturated rings. The van der Waals surface area contributed by atoms with Gasteiger partial charge in [-0.1, -0.05) is 48.6 Å². The van der Waals surface area contributed by atoms with Crippen molar-refractivity contribution < 1.29 is 40.2 Å². The third-order valence-electron chi connectivity index (χ3n) is 2.67. The van der Waals surface area contributed by atoms with Gasteiger partial charge < -0.3 is 0 Å². The zero-order valence-electron chi connectivity index (χ0n) is 10.9. The van der Waals surface area contributed by atoms with E-state index in [-0.39, 0.29) is 40.2 Å². The van der Waals surface area contributed by atoms with Gasteiger partial charge in [-0.15, -0.1) is 0 Å². The van der Waals surface area contributed by atoms with Gasteiger partial charge in [0.15, 0.2) is 0 Å². The average molecular weight is 601 g/mol. The summed E-state index contributed by atoms with van der Waals surface area (Å²) in [6.45, 7) is 0. The number of hydrogen-bond acceptors (Lipinski definition) is 0. The summed E-state index contributed by atoms with van der Waals surface area (Å²) >= 11 is 0. The summed E-state index contributed by atoms with van der Waals surface area (Å²) in [5.74, 6) is 0. The quantitative estimate of drug-likeness (QED) is 0.330. The van der Waals surface area contributed by atoms with Crippen molar-refractivity contribution in [1.82, 2.24) is 0 Å². The summed E-state index contributed by atoms with van der Waals surface area (Å²) in [4.78, 5) is 0. The van der Waals surface area contributed by atoms with Gasteiger partial charge in [-0.25, -0.2) is 0 Å². The van der Waals surface area contributed by atoms with E-state index in [0.717, 1.165) is 0 Å². The molecule has 106 valence electrons. The molecule has 0 aromatic rings. The van der Waals surface area contributed by atoms with E-state index in [1.54, 1.807) is 0 Å². The molecular weight excluding hydrogens is 577 g/mol. The van der Waals surface area contributed by atoms with E-state index >= 15 is 0 Å². The fourth-order valence-electron chi connectivity index (χ4n) is 1.71. The Hall–Kier alpha value is 0.259. The first-order chi connectivity index (χ1) is 8.00. The fourth-order valence-corrected chi connectivity index (χ4v) is 1.71. The summed E-state index contributed by atoms with van der Waals surface area (Å²) in [5, 5.41) is 0. The normalized spacial score (nSPS) is 24.9. The van der Waals surface area contributed by atoms with E-state index in [4.69, 9.17) is 0 Å². The van der Waals surface area contributed by atoms with E-state index in [9.17, 15) is 0 Å². The summed E-state index contributed by atoms with van der Waals surface area (Å²) in [6, 6.07) is 0. The first-order valence-corrected chi connectivity index (χ1v) is 6.60. The van der Waals surface area contributed by atoms with Crippen LogP contribution in [-0.4, -0.2) is 0 Å². The SMILES string of the molecule is C1=C\CC/C=C\CC/1.C1=C\CC/C=C\CC/1.[Ir].[Ir]. The molecule has 0 atom stereocenters. The van der Waals surface area contributed by atoms with Gasteiger partial charge in [-0.2, -0.15) is 0 Å². The first-order valence-electron chi connectivity index (χ1n) is 6.60. The van der Waals surface area contributed by atoms with Gasteiger partial charge >= 0.3 is 0 Å². The van der Waals surface area contributed by atoms with Crippen LogP contribution in [0.3, 0.4) is 0 Å². The second-order valence-electron chi connectivity index (χ2n) is 4.20. The Bertz CT molecular complexity index is 182. The van der Waals surface area contributed by atoms with Crippen LogP contribution in [0, 0.1) is 0 Å². The molecule has 0 unspecified atom stereocenters. The van der Waals surface area contributed by atoms with Crippen LogP contribution < -0.4 is 0 Å². The van der Waals surface area contributed by atoms with E-state index in [1.165, 1.54) is 51.4 Å². The van der Waals surface area contributed by atoms with Crippen LogP contribution in [0.4, 0.5) is 0 Å². The van der Waals surface area contributed by atoms with Crippen LogP contribution in [-0.2, 0) is 40.2 Å². The van der Waals surface area contributed by atoms with Crippen LogP contribution in [0.25, 0.3) is 0 Å². The molecule has 0 saturated carbocycles. The molecular formula is C16H24Ir2. The summed E-state index contributed by atoms with van der Waals surface area (Å²) in [5.41, 5.74) is 0. The molecule has 0 spiro atoms. The second-order valence-corrected chi connectivity index (χ2v) is 4.20. The van der Waals surface area contributed by atoms with Crippen molar-refractivity contribution in [2.24, 2.45) is 0 Å². The van der Waals surface area contributed by atoms with E-state index in [0.29, 0.717) is 0 Å². The fraction of sp³-hybridized carbons (Fsp3) is 0.500. The third-order valence-corrected chi connectivity index (χ3v) is 2.67. The maximum Gasteiger partial charge on any atom is 0 e. The van der Waals surface area contributed by atoms with Gasteiger partial charge in [0.2, 0.25) is 0 Å². The Labute approximate surface area is 139 Å². The molecule has 0 aromatic heterocycles. The van der Waals surface area contributed by atoms with E-state index in [2.05, 4.69) is 48.6 Å². The van der Waals surface area contributed by atoms with Gasteiger partial charge in [-0.3, -0.25) is 0 Å². The van der Waals surface area contributed by atoms with Gasteiger partial charge in [0, 0.05) is 40.2 Å². The molecule has 0 saturated heterocycles. The van der Waals surface area contributed by atoms with E-state index in [1.807, 2.05) is 0 Å². The summed E-state index contributed by atoms with van der Waals surface area (Å²) in [6.07, 6.45) is 28.0. The molecule has 0 amide bonds. The molecule has 0 nitrogen and oxygen atoms in total. The van der Waals surface area contributed by atoms with Gasteiger partial charge in [-0.05, 0) is 51.4 Å². The van der Waals surface area contributed by atoms with Crippen LogP contribution in [0.5, 0.6) is 0 Å². The Kier molecular flexibility index (Phi) is 19.7. The standard InChI is InChI=1S/2C8H12.2Ir/c2*1-2-4-6-8-7-5-3-1;;/h2*1-2,7-8H,3-6H2;;/b2*2-1-,8-7-;;. The number of hydrogen-bond donors (Lipinski definition) is 0. The summed E-state index contributed by atoms with van der Waals surface area (Å²) < 4.78 is 0. The van der Waals surface area contributed by atoms with Crippen molar-refractivity contribution in [2.75, 3.05) is 0 Å². The monoisotopic (exact) mass is 602 g/mol. The Morgan fingerprint density at radius 1 is 0.278 bits per heavy atom. The van der Waals surface area contributed by atoms with Crippen molar-refractivity contribution in [3.8, 4) is 0 Å². The minimum absolute atomic E-state index is 0. The van der Waals surface area contributed by atoms with Crippen molar-refractivity contribution in [2.45, 2.75) is 51.4 Å².